The number of rotatable bonds is 4. The van der Waals surface area contributed by atoms with Crippen LogP contribution in [-0.2, 0) is 13.8 Å². The molecule has 0 aromatic carbocycles. The number of H-pyrrole nitrogens is 1. The Morgan fingerprint density at radius 1 is 1.33 bits per heavy atom. The second kappa shape index (κ2) is 9.90. The number of phosphoric ester groups is 1. The first-order valence-corrected chi connectivity index (χ1v) is 8.04. The summed E-state index contributed by atoms with van der Waals surface area (Å²) in [5.74, 6) is 0. The van der Waals surface area contributed by atoms with E-state index in [1.165, 1.54) is 0 Å². The van der Waals surface area contributed by atoms with E-state index in [0.29, 0.717) is 0 Å². The molecule has 1 fully saturated rings. The molecule has 1 aliphatic heterocycles. The first-order chi connectivity index (χ1) is 10.1. The SMILES string of the molecule is O=c1[nH]c(=O)n([C@@H]2O[C@H](COP(=O)([O-])[O-])[C@@H](O)[C@H]2O)cc1Br.[Na+].[Na+]. The van der Waals surface area contributed by atoms with Crippen molar-refractivity contribution in [2.75, 3.05) is 6.61 Å². The van der Waals surface area contributed by atoms with Crippen LogP contribution >= 0.6 is 23.8 Å². The summed E-state index contributed by atoms with van der Waals surface area (Å²) in [6, 6.07) is 0. The van der Waals surface area contributed by atoms with Gasteiger partial charge in [0.05, 0.1) is 18.9 Å². The molecule has 4 atom stereocenters. The van der Waals surface area contributed by atoms with Crippen LogP contribution in [0.25, 0.3) is 0 Å². The summed E-state index contributed by atoms with van der Waals surface area (Å²) in [4.78, 5) is 45.7. The van der Waals surface area contributed by atoms with Crippen LogP contribution in [0.5, 0.6) is 0 Å². The Bertz CT molecular complexity index is 722. The first-order valence-electron chi connectivity index (χ1n) is 5.79. The normalized spacial score (nSPS) is 26.5. The van der Waals surface area contributed by atoms with Crippen molar-refractivity contribution in [3.63, 3.8) is 0 Å². The van der Waals surface area contributed by atoms with Crippen molar-refractivity contribution in [1.29, 1.82) is 0 Å². The molecule has 3 N–H and O–H groups in total. The van der Waals surface area contributed by atoms with Crippen molar-refractivity contribution in [3.05, 3.63) is 31.5 Å². The maximum absolute atomic E-state index is 11.7. The van der Waals surface area contributed by atoms with E-state index < -0.39 is 50.2 Å². The maximum atomic E-state index is 11.7. The molecule has 0 aliphatic carbocycles. The van der Waals surface area contributed by atoms with Crippen LogP contribution in [0, 0.1) is 0 Å². The second-order valence-electron chi connectivity index (χ2n) is 4.43. The van der Waals surface area contributed by atoms with Crippen LogP contribution in [0.3, 0.4) is 0 Å². The molecule has 11 nitrogen and oxygen atoms in total. The molecule has 0 saturated carbocycles. The third-order valence-corrected chi connectivity index (χ3v) is 3.96. The molecule has 2 rings (SSSR count). The molecule has 0 amide bonds. The first kappa shape index (κ1) is 25.1. The Balaban J connectivity index is 0.00000264. The van der Waals surface area contributed by atoms with Gasteiger partial charge in [0.2, 0.25) is 0 Å². The number of phosphoric acid groups is 1. The number of aliphatic hydroxyl groups excluding tert-OH is 2. The Hall–Kier alpha value is 1.15. The molecule has 0 unspecified atom stereocenters. The number of aliphatic hydroxyl groups is 2. The molecule has 1 aromatic rings. The Kier molecular flexibility index (Phi) is 10.4. The molecule has 0 bridgehead atoms. The van der Waals surface area contributed by atoms with Gasteiger partial charge in [-0.15, -0.1) is 0 Å². The predicted octanol–water partition coefficient (Wildman–Crippen LogP) is -9.23. The van der Waals surface area contributed by atoms with Gasteiger partial charge in [0.15, 0.2) is 6.23 Å². The number of nitrogens with one attached hydrogen (secondary N) is 1. The van der Waals surface area contributed by atoms with Crippen LogP contribution < -0.4 is 80.2 Å². The van der Waals surface area contributed by atoms with Gasteiger partial charge in [-0.1, -0.05) is 0 Å². The summed E-state index contributed by atoms with van der Waals surface area (Å²) < 4.78 is 20.3. The van der Waals surface area contributed by atoms with Crippen molar-refractivity contribution >= 4 is 23.8 Å². The van der Waals surface area contributed by atoms with Gasteiger partial charge in [-0.25, -0.2) is 4.79 Å². The van der Waals surface area contributed by atoms with Gasteiger partial charge in [0.25, 0.3) is 5.56 Å². The van der Waals surface area contributed by atoms with Gasteiger partial charge in [0.1, 0.15) is 18.3 Å². The molecule has 124 valence electrons. The number of hydrogen-bond acceptors (Lipinski definition) is 9. The van der Waals surface area contributed by atoms with E-state index in [1.807, 2.05) is 4.98 Å². The second-order valence-corrected chi connectivity index (χ2v) is 6.44. The minimum atomic E-state index is -5.28. The van der Waals surface area contributed by atoms with Crippen LogP contribution in [0.2, 0.25) is 0 Å². The van der Waals surface area contributed by atoms with Crippen molar-refractivity contribution in [3.8, 4) is 0 Å². The van der Waals surface area contributed by atoms with E-state index in [4.69, 9.17) is 4.74 Å². The molecular formula is C9H10BrN2Na2O9P. The zero-order valence-electron chi connectivity index (χ0n) is 12.6. The van der Waals surface area contributed by atoms with E-state index in [2.05, 4.69) is 20.5 Å². The quantitative estimate of drug-likeness (QED) is 0.299. The molecule has 1 aliphatic rings. The molecule has 15 heteroatoms. The summed E-state index contributed by atoms with van der Waals surface area (Å²) in [6.45, 7) is -0.821. The summed E-state index contributed by atoms with van der Waals surface area (Å²) in [6.07, 6.45) is -4.93. The number of aromatic nitrogens is 2. The van der Waals surface area contributed by atoms with E-state index in [1.54, 1.807) is 0 Å². The minimum Gasteiger partial charge on any atom is -0.790 e. The monoisotopic (exact) mass is 446 g/mol. The maximum Gasteiger partial charge on any atom is 1.00 e. The van der Waals surface area contributed by atoms with Crippen LogP contribution in [0.4, 0.5) is 0 Å². The fourth-order valence-corrected chi connectivity index (χ4v) is 2.56. The number of hydrogen-bond donors (Lipinski definition) is 3. The average molecular weight is 447 g/mol. The van der Waals surface area contributed by atoms with E-state index in [-0.39, 0.29) is 63.6 Å². The average Bonchev–Trinajstić information content (AvgIpc) is 2.68. The van der Waals surface area contributed by atoms with Gasteiger partial charge in [0, 0.05) is 6.20 Å². The van der Waals surface area contributed by atoms with Crippen LogP contribution in [-0.4, -0.2) is 44.7 Å². The molecule has 1 aromatic heterocycles. The Morgan fingerprint density at radius 2 is 1.92 bits per heavy atom. The van der Waals surface area contributed by atoms with E-state index in [9.17, 15) is 34.2 Å². The standard InChI is InChI=1S/C9H12BrN2O9P.2Na/c10-3-1-12(9(16)11-7(3)15)8-6(14)5(13)4(21-8)2-20-22(17,18)19;;/h1,4-6,8,13-14H,2H2,(H,11,15,16)(H2,17,18,19);;/q;2*+1/p-2/t4-,5-,6-,8-;;/m1../s1. The van der Waals surface area contributed by atoms with Crippen LogP contribution in [0.1, 0.15) is 6.23 Å². The fraction of sp³-hybridized carbons (Fsp3) is 0.556. The van der Waals surface area contributed by atoms with Crippen LogP contribution in [0.15, 0.2) is 20.3 Å². The number of aromatic amines is 1. The van der Waals surface area contributed by atoms with Crippen molar-refractivity contribution < 1.29 is 92.9 Å². The largest absolute Gasteiger partial charge is 1.00 e. The molecule has 24 heavy (non-hydrogen) atoms. The molecule has 1 saturated heterocycles. The van der Waals surface area contributed by atoms with Gasteiger partial charge >= 0.3 is 64.8 Å². The Labute approximate surface area is 187 Å². The van der Waals surface area contributed by atoms with Gasteiger partial charge < -0.3 is 33.8 Å². The number of halogens is 1. The minimum absolute atomic E-state index is 0. The summed E-state index contributed by atoms with van der Waals surface area (Å²) in [5, 5.41) is 19.6. The van der Waals surface area contributed by atoms with E-state index in [0.717, 1.165) is 10.8 Å². The Morgan fingerprint density at radius 3 is 2.46 bits per heavy atom. The summed E-state index contributed by atoms with van der Waals surface area (Å²) in [5.41, 5.74) is -1.61. The van der Waals surface area contributed by atoms with Crippen molar-refractivity contribution in [2.45, 2.75) is 24.5 Å². The summed E-state index contributed by atoms with van der Waals surface area (Å²) in [7, 11) is -5.28. The molecular weight excluding hydrogens is 437 g/mol. The molecule has 0 spiro atoms. The fourth-order valence-electron chi connectivity index (χ4n) is 1.91. The third-order valence-electron chi connectivity index (χ3n) is 2.93. The number of nitrogens with zero attached hydrogens (tertiary/aromatic N) is 1. The van der Waals surface area contributed by atoms with E-state index >= 15 is 0 Å². The topological polar surface area (TPSA) is 177 Å². The van der Waals surface area contributed by atoms with Crippen molar-refractivity contribution in [2.24, 2.45) is 0 Å². The molecule has 0 radical (unpaired) electrons. The third kappa shape index (κ3) is 6.10. The predicted molar refractivity (Wildman–Crippen MR) is 68.5 cm³/mol. The zero-order valence-corrected chi connectivity index (χ0v) is 19.1. The zero-order chi connectivity index (χ0) is 16.7. The van der Waals surface area contributed by atoms with Gasteiger partial charge in [-0.05, 0) is 15.9 Å². The smallest absolute Gasteiger partial charge is 0.790 e. The number of ether oxygens (including phenoxy) is 1. The van der Waals surface area contributed by atoms with Gasteiger partial charge in [-0.3, -0.25) is 14.3 Å². The summed E-state index contributed by atoms with van der Waals surface area (Å²) >= 11 is 2.89. The van der Waals surface area contributed by atoms with Crippen molar-refractivity contribution in [1.82, 2.24) is 9.55 Å². The van der Waals surface area contributed by atoms with Gasteiger partial charge in [-0.2, -0.15) is 0 Å². The molecule has 2 heterocycles.